The second kappa shape index (κ2) is 6.02. The maximum Gasteiger partial charge on any atom is 0.534 e. The minimum atomic E-state index is -5.92. The molecule has 3 heterocycles. The lowest BCUT2D eigenvalue weighted by Crippen LogP contribution is -2.28. The Labute approximate surface area is 139 Å². The van der Waals surface area contributed by atoms with Crippen LogP contribution in [0.15, 0.2) is 10.9 Å². The summed E-state index contributed by atoms with van der Waals surface area (Å²) in [5.41, 5.74) is -6.11. The first-order chi connectivity index (χ1) is 11.6. The number of ether oxygens (including phenoxy) is 1. The molecule has 1 aliphatic heterocycles. The lowest BCUT2D eigenvalue weighted by molar-refractivity contribution is -0.0500. The van der Waals surface area contributed by atoms with E-state index in [1.54, 1.807) is 6.92 Å². The molecule has 2 aromatic heterocycles. The smallest absolute Gasteiger partial charge is 0.373 e. The molecule has 0 saturated carbocycles. The van der Waals surface area contributed by atoms with Gasteiger partial charge in [0.2, 0.25) is 0 Å². The fourth-order valence-corrected chi connectivity index (χ4v) is 3.07. The fraction of sp³-hybridized carbons (Fsp3) is 0.538. The molecular weight excluding hydrogens is 367 g/mol. The number of H-pyrrole nitrogens is 1. The van der Waals surface area contributed by atoms with E-state index in [0.717, 1.165) is 12.8 Å². The van der Waals surface area contributed by atoms with Crippen molar-refractivity contribution in [1.82, 2.24) is 14.8 Å². The largest absolute Gasteiger partial charge is 0.534 e. The third-order valence-electron chi connectivity index (χ3n) is 3.81. The number of fused-ring (bicyclic) bond motifs is 1. The van der Waals surface area contributed by atoms with Crippen molar-refractivity contribution in [3.8, 4) is 5.75 Å². The maximum absolute atomic E-state index is 12.6. The van der Waals surface area contributed by atoms with Crippen LogP contribution in [0.1, 0.15) is 31.2 Å². The number of aromatic amines is 1. The van der Waals surface area contributed by atoms with Gasteiger partial charge in [0.25, 0.3) is 5.56 Å². The number of pyridine rings is 1. The highest BCUT2D eigenvalue weighted by Crippen LogP contribution is 2.32. The van der Waals surface area contributed by atoms with E-state index in [1.807, 2.05) is 0 Å². The van der Waals surface area contributed by atoms with Crippen molar-refractivity contribution in [3.05, 3.63) is 22.1 Å². The quantitative estimate of drug-likeness (QED) is 0.644. The number of nitrogens with one attached hydrogen (secondary N) is 1. The molecule has 1 fully saturated rings. The van der Waals surface area contributed by atoms with Gasteiger partial charge in [0.1, 0.15) is 0 Å². The summed E-state index contributed by atoms with van der Waals surface area (Å²) in [6, 6.07) is 0.615. The number of nitrogens with zero attached hydrogens (tertiary/aromatic N) is 2. The molecule has 12 heteroatoms. The van der Waals surface area contributed by atoms with Crippen LogP contribution in [-0.4, -0.2) is 35.3 Å². The molecule has 0 spiro atoms. The second-order valence-corrected chi connectivity index (χ2v) is 7.09. The van der Waals surface area contributed by atoms with Crippen molar-refractivity contribution < 1.29 is 30.5 Å². The summed E-state index contributed by atoms with van der Waals surface area (Å²) < 4.78 is 71.3. The maximum atomic E-state index is 12.6. The van der Waals surface area contributed by atoms with Crippen LogP contribution in [0.25, 0.3) is 11.0 Å². The van der Waals surface area contributed by atoms with Crippen molar-refractivity contribution >= 4 is 21.2 Å². The highest BCUT2D eigenvalue weighted by atomic mass is 32.2. The van der Waals surface area contributed by atoms with Gasteiger partial charge in [-0.25, -0.2) is 4.68 Å². The molecule has 1 N–H and O–H groups in total. The first-order valence-corrected chi connectivity index (χ1v) is 8.75. The molecule has 0 aromatic carbocycles. The van der Waals surface area contributed by atoms with Crippen LogP contribution >= 0.6 is 0 Å². The number of rotatable bonds is 3. The van der Waals surface area contributed by atoms with Crippen molar-refractivity contribution in [3.63, 3.8) is 0 Å². The Morgan fingerprint density at radius 3 is 2.72 bits per heavy atom. The van der Waals surface area contributed by atoms with Gasteiger partial charge in [-0.05, 0) is 26.2 Å². The molecule has 1 atom stereocenters. The monoisotopic (exact) mass is 381 g/mol. The van der Waals surface area contributed by atoms with Crippen molar-refractivity contribution in [1.29, 1.82) is 0 Å². The number of halogens is 3. The Hall–Kier alpha value is -2.08. The summed E-state index contributed by atoms with van der Waals surface area (Å²) in [5.74, 6) is -0.784. The van der Waals surface area contributed by atoms with E-state index in [1.165, 1.54) is 4.68 Å². The second-order valence-electron chi connectivity index (χ2n) is 5.56. The predicted molar refractivity (Wildman–Crippen MR) is 79.5 cm³/mol. The van der Waals surface area contributed by atoms with Crippen LogP contribution in [0.3, 0.4) is 0 Å². The first kappa shape index (κ1) is 17.7. The Balaban J connectivity index is 2.12. The normalized spacial score (nSPS) is 19.3. The van der Waals surface area contributed by atoms with Crippen molar-refractivity contribution in [2.75, 3.05) is 6.61 Å². The van der Waals surface area contributed by atoms with Gasteiger partial charge in [-0.1, -0.05) is 0 Å². The summed E-state index contributed by atoms with van der Waals surface area (Å²) in [7, 11) is -5.92. The van der Waals surface area contributed by atoms with Crippen LogP contribution < -0.4 is 9.74 Å². The minimum absolute atomic E-state index is 0.0917. The fourth-order valence-electron chi connectivity index (χ4n) is 2.61. The zero-order chi connectivity index (χ0) is 18.4. The third kappa shape index (κ3) is 3.23. The summed E-state index contributed by atoms with van der Waals surface area (Å²) in [4.78, 5) is 14.1. The predicted octanol–water partition coefficient (Wildman–Crippen LogP) is 1.96. The van der Waals surface area contributed by atoms with Crippen LogP contribution in [-0.2, 0) is 14.9 Å². The molecule has 8 nitrogen and oxygen atoms in total. The number of alkyl halides is 3. The van der Waals surface area contributed by atoms with Crippen LogP contribution in [0.2, 0.25) is 0 Å². The molecule has 0 aliphatic carbocycles. The molecule has 25 heavy (non-hydrogen) atoms. The van der Waals surface area contributed by atoms with Crippen LogP contribution in [0.5, 0.6) is 5.75 Å². The average Bonchev–Trinajstić information content (AvgIpc) is 2.84. The molecule has 0 bridgehead atoms. The molecule has 3 rings (SSSR count). The summed E-state index contributed by atoms with van der Waals surface area (Å²) >= 11 is 0. The van der Waals surface area contributed by atoms with E-state index in [0.29, 0.717) is 24.8 Å². The molecule has 0 amide bonds. The summed E-state index contributed by atoms with van der Waals surface area (Å²) in [5, 5.41) is 4.11. The first-order valence-electron chi connectivity index (χ1n) is 7.34. The number of aromatic nitrogens is 3. The third-order valence-corrected chi connectivity index (χ3v) is 4.77. The van der Waals surface area contributed by atoms with E-state index < -0.39 is 33.2 Å². The topological polar surface area (TPSA) is 103 Å². The van der Waals surface area contributed by atoms with E-state index in [-0.39, 0.29) is 11.0 Å². The lowest BCUT2D eigenvalue weighted by atomic mass is 10.2. The Kier molecular flexibility index (Phi) is 4.27. The van der Waals surface area contributed by atoms with E-state index in [4.69, 9.17) is 4.74 Å². The van der Waals surface area contributed by atoms with Gasteiger partial charge in [-0.3, -0.25) is 4.79 Å². The molecule has 138 valence electrons. The number of aryl methyl sites for hydroxylation is 1. The minimum Gasteiger partial charge on any atom is -0.373 e. The van der Waals surface area contributed by atoms with Gasteiger partial charge in [0.15, 0.2) is 17.5 Å². The highest BCUT2D eigenvalue weighted by molar-refractivity contribution is 7.88. The van der Waals surface area contributed by atoms with Gasteiger partial charge in [0, 0.05) is 12.7 Å². The summed E-state index contributed by atoms with van der Waals surface area (Å²) in [6.07, 6.45) is 1.95. The van der Waals surface area contributed by atoms with Gasteiger partial charge in [0.05, 0.1) is 11.2 Å². The van der Waals surface area contributed by atoms with Gasteiger partial charge in [-0.2, -0.15) is 26.7 Å². The van der Waals surface area contributed by atoms with E-state index in [9.17, 15) is 26.4 Å². The average molecular weight is 381 g/mol. The zero-order valence-corrected chi connectivity index (χ0v) is 13.8. The van der Waals surface area contributed by atoms with Gasteiger partial charge < -0.3 is 13.9 Å². The van der Waals surface area contributed by atoms with E-state index >= 15 is 0 Å². The Bertz CT molecular complexity index is 958. The molecule has 1 saturated heterocycles. The Morgan fingerprint density at radius 2 is 2.12 bits per heavy atom. The Morgan fingerprint density at radius 1 is 1.40 bits per heavy atom. The molecular formula is C13H14F3N3O5S. The molecule has 2 aromatic rings. The SMILES string of the molecule is Cc1c2[nH]c(=O)cc(OS(=O)(=O)C(F)(F)F)c2nn1C1CCCCO1. The van der Waals surface area contributed by atoms with Crippen molar-refractivity contribution in [2.24, 2.45) is 0 Å². The molecule has 1 aliphatic rings. The zero-order valence-electron chi connectivity index (χ0n) is 13.0. The number of hydrogen-bond donors (Lipinski definition) is 1. The van der Waals surface area contributed by atoms with Crippen LogP contribution in [0.4, 0.5) is 13.2 Å². The van der Waals surface area contributed by atoms with Gasteiger partial charge in [-0.15, -0.1) is 0 Å². The van der Waals surface area contributed by atoms with Crippen molar-refractivity contribution in [2.45, 2.75) is 37.9 Å². The van der Waals surface area contributed by atoms with E-state index in [2.05, 4.69) is 14.3 Å². The lowest BCUT2D eigenvalue weighted by Gasteiger charge is -2.23. The highest BCUT2D eigenvalue weighted by Gasteiger charge is 2.49. The van der Waals surface area contributed by atoms with Crippen LogP contribution in [0, 0.1) is 6.92 Å². The molecule has 1 unspecified atom stereocenters. The number of hydrogen-bond acceptors (Lipinski definition) is 6. The standard InChI is InChI=1S/C13H14F3N3O5S/c1-7-11-12(18-19(7)10-4-2-3-5-23-10)8(6-9(20)17-11)24-25(21,22)13(14,15)16/h6,10H,2-5H2,1H3,(H,17,20). The molecule has 0 radical (unpaired) electrons. The summed E-state index contributed by atoms with van der Waals surface area (Å²) in [6.45, 7) is 2.09. The van der Waals surface area contributed by atoms with Gasteiger partial charge >= 0.3 is 15.6 Å².